The molecule has 0 aliphatic carbocycles. The molecule has 0 saturated carbocycles. The van der Waals surface area contributed by atoms with Gasteiger partial charge in [0.2, 0.25) is 0 Å². The van der Waals surface area contributed by atoms with Gasteiger partial charge in [0.25, 0.3) is 0 Å². The van der Waals surface area contributed by atoms with Crippen LogP contribution in [-0.4, -0.2) is 14.8 Å². The summed E-state index contributed by atoms with van der Waals surface area (Å²) in [6.45, 7) is 8.76. The number of rotatable bonds is 2. The Morgan fingerprint density at radius 3 is 2.47 bits per heavy atom. The van der Waals surface area contributed by atoms with Crippen LogP contribution in [0.15, 0.2) is 18.3 Å². The van der Waals surface area contributed by atoms with Crippen molar-refractivity contribution in [1.82, 2.24) is 14.8 Å². The van der Waals surface area contributed by atoms with Gasteiger partial charge in [0.05, 0.1) is 11.2 Å². The summed E-state index contributed by atoms with van der Waals surface area (Å²) >= 11 is 0. The van der Waals surface area contributed by atoms with E-state index < -0.39 is 0 Å². The Balaban J connectivity index is 2.75. The van der Waals surface area contributed by atoms with Crippen LogP contribution in [0.25, 0.3) is 5.52 Å². The molecule has 15 heavy (non-hydrogen) atoms. The van der Waals surface area contributed by atoms with Crippen LogP contribution in [0.5, 0.6) is 0 Å². The van der Waals surface area contributed by atoms with E-state index in [9.17, 15) is 0 Å². The number of hydrogen-bond donors (Lipinski definition) is 0. The number of hydrogen-bond acceptors (Lipinski definition) is 2. The zero-order chi connectivity index (χ0) is 11.0. The first-order valence-electron chi connectivity index (χ1n) is 5.45. The smallest absolute Gasteiger partial charge is 0.0910 e. The van der Waals surface area contributed by atoms with Crippen LogP contribution in [0, 0.1) is 0 Å². The number of fused-ring (bicyclic) bond motifs is 1. The van der Waals surface area contributed by atoms with E-state index in [0.717, 1.165) is 5.52 Å². The first kappa shape index (κ1) is 10.1. The van der Waals surface area contributed by atoms with Gasteiger partial charge in [0.15, 0.2) is 0 Å². The summed E-state index contributed by atoms with van der Waals surface area (Å²) in [6.07, 6.45) is 1.77. The Hall–Kier alpha value is -1.38. The van der Waals surface area contributed by atoms with Crippen molar-refractivity contribution < 1.29 is 0 Å². The summed E-state index contributed by atoms with van der Waals surface area (Å²) in [4.78, 5) is 0. The number of aromatic nitrogens is 3. The molecule has 3 nitrogen and oxygen atoms in total. The molecule has 0 spiro atoms. The molecule has 3 heteroatoms. The third-order valence-electron chi connectivity index (χ3n) is 2.61. The highest BCUT2D eigenvalue weighted by Crippen LogP contribution is 2.28. The molecule has 0 unspecified atom stereocenters. The highest BCUT2D eigenvalue weighted by atomic mass is 15.4. The zero-order valence-electron chi connectivity index (χ0n) is 9.73. The normalized spacial score (nSPS) is 11.9. The van der Waals surface area contributed by atoms with Crippen molar-refractivity contribution in [2.45, 2.75) is 39.5 Å². The Labute approximate surface area is 90.1 Å². The molecule has 0 amide bonds. The van der Waals surface area contributed by atoms with Gasteiger partial charge < -0.3 is 0 Å². The van der Waals surface area contributed by atoms with Crippen molar-refractivity contribution >= 4 is 5.52 Å². The molecule has 0 aliphatic heterocycles. The summed E-state index contributed by atoms with van der Waals surface area (Å²) in [5, 5.41) is 8.77. The minimum Gasteiger partial charge on any atom is -0.159 e. The Bertz CT molecular complexity index is 469. The van der Waals surface area contributed by atoms with Gasteiger partial charge in [-0.3, -0.25) is 0 Å². The molecule has 2 rings (SSSR count). The molecule has 0 N–H and O–H groups in total. The molecule has 0 bridgehead atoms. The van der Waals surface area contributed by atoms with Crippen molar-refractivity contribution in [1.29, 1.82) is 0 Å². The van der Waals surface area contributed by atoms with Crippen LogP contribution in [0.2, 0.25) is 0 Å². The average molecular weight is 203 g/mol. The second-order valence-corrected chi connectivity index (χ2v) is 4.51. The molecular weight excluding hydrogens is 186 g/mol. The SMILES string of the molecule is CC(C)c1nn2ncccc2c1C(C)C. The lowest BCUT2D eigenvalue weighted by atomic mass is 9.96. The van der Waals surface area contributed by atoms with E-state index in [4.69, 9.17) is 0 Å². The summed E-state index contributed by atoms with van der Waals surface area (Å²) in [5.74, 6) is 0.938. The molecule has 0 fully saturated rings. The summed E-state index contributed by atoms with van der Waals surface area (Å²) in [7, 11) is 0. The minimum absolute atomic E-state index is 0.448. The van der Waals surface area contributed by atoms with Gasteiger partial charge >= 0.3 is 0 Å². The molecule has 0 atom stereocenters. The summed E-state index contributed by atoms with van der Waals surface area (Å²) in [6, 6.07) is 4.05. The van der Waals surface area contributed by atoms with E-state index >= 15 is 0 Å². The second kappa shape index (κ2) is 3.65. The fourth-order valence-corrected chi connectivity index (χ4v) is 1.95. The Morgan fingerprint density at radius 2 is 1.87 bits per heavy atom. The topological polar surface area (TPSA) is 30.2 Å². The van der Waals surface area contributed by atoms with E-state index in [0.29, 0.717) is 11.8 Å². The third kappa shape index (κ3) is 1.62. The maximum Gasteiger partial charge on any atom is 0.0910 e. The highest BCUT2D eigenvalue weighted by Gasteiger charge is 2.17. The third-order valence-corrected chi connectivity index (χ3v) is 2.61. The van der Waals surface area contributed by atoms with Crippen LogP contribution < -0.4 is 0 Å². The van der Waals surface area contributed by atoms with E-state index in [-0.39, 0.29) is 0 Å². The van der Waals surface area contributed by atoms with Crippen molar-refractivity contribution in [2.75, 3.05) is 0 Å². The van der Waals surface area contributed by atoms with Gasteiger partial charge in [-0.25, -0.2) is 0 Å². The minimum atomic E-state index is 0.448. The molecule has 0 aromatic carbocycles. The molecule has 2 aromatic heterocycles. The lowest BCUT2D eigenvalue weighted by Gasteiger charge is -2.08. The van der Waals surface area contributed by atoms with Gasteiger partial charge in [-0.1, -0.05) is 27.7 Å². The summed E-state index contributed by atoms with van der Waals surface area (Å²) < 4.78 is 1.74. The lowest BCUT2D eigenvalue weighted by Crippen LogP contribution is -1.96. The van der Waals surface area contributed by atoms with E-state index in [1.807, 2.05) is 6.07 Å². The van der Waals surface area contributed by atoms with Crippen LogP contribution >= 0.6 is 0 Å². The van der Waals surface area contributed by atoms with Crippen molar-refractivity contribution in [3.63, 3.8) is 0 Å². The molecule has 2 aromatic rings. The first-order valence-corrected chi connectivity index (χ1v) is 5.45. The predicted octanol–water partition coefficient (Wildman–Crippen LogP) is 2.98. The first-order chi connectivity index (χ1) is 7.11. The standard InChI is InChI=1S/C12H17N3/c1-8(2)11-10-6-5-7-13-15(10)14-12(11)9(3)4/h5-9H,1-4H3. The maximum absolute atomic E-state index is 4.54. The lowest BCUT2D eigenvalue weighted by molar-refractivity contribution is 0.723. The quantitative estimate of drug-likeness (QED) is 0.751. The van der Waals surface area contributed by atoms with Gasteiger partial charge in [-0.15, -0.1) is 0 Å². The van der Waals surface area contributed by atoms with Crippen molar-refractivity contribution in [3.05, 3.63) is 29.6 Å². The van der Waals surface area contributed by atoms with Crippen LogP contribution in [-0.2, 0) is 0 Å². The largest absolute Gasteiger partial charge is 0.159 e. The average Bonchev–Trinajstić information content (AvgIpc) is 2.56. The van der Waals surface area contributed by atoms with Gasteiger partial charge in [0.1, 0.15) is 0 Å². The fourth-order valence-electron chi connectivity index (χ4n) is 1.95. The monoisotopic (exact) mass is 203 g/mol. The number of nitrogens with zero attached hydrogens (tertiary/aromatic N) is 3. The molecule has 80 valence electrons. The Kier molecular flexibility index (Phi) is 2.47. The van der Waals surface area contributed by atoms with Crippen LogP contribution in [0.3, 0.4) is 0 Å². The van der Waals surface area contributed by atoms with Gasteiger partial charge in [-0.2, -0.15) is 14.8 Å². The zero-order valence-corrected chi connectivity index (χ0v) is 9.73. The second-order valence-electron chi connectivity index (χ2n) is 4.51. The molecule has 0 saturated heterocycles. The van der Waals surface area contributed by atoms with Crippen molar-refractivity contribution in [3.8, 4) is 0 Å². The van der Waals surface area contributed by atoms with Gasteiger partial charge in [0, 0.05) is 11.8 Å². The van der Waals surface area contributed by atoms with E-state index in [1.165, 1.54) is 11.3 Å². The van der Waals surface area contributed by atoms with E-state index in [1.54, 1.807) is 10.8 Å². The van der Waals surface area contributed by atoms with Crippen molar-refractivity contribution in [2.24, 2.45) is 0 Å². The van der Waals surface area contributed by atoms with Crippen LogP contribution in [0.4, 0.5) is 0 Å². The molecular formula is C12H17N3. The molecule has 0 aliphatic rings. The molecule has 2 heterocycles. The fraction of sp³-hybridized carbons (Fsp3) is 0.500. The van der Waals surface area contributed by atoms with Gasteiger partial charge in [-0.05, 0) is 24.0 Å². The summed E-state index contributed by atoms with van der Waals surface area (Å²) in [5.41, 5.74) is 3.64. The Morgan fingerprint density at radius 1 is 1.13 bits per heavy atom. The molecule has 0 radical (unpaired) electrons. The highest BCUT2D eigenvalue weighted by molar-refractivity contribution is 5.57. The predicted molar refractivity (Wildman–Crippen MR) is 61.2 cm³/mol. The maximum atomic E-state index is 4.54. The van der Waals surface area contributed by atoms with Crippen LogP contribution in [0.1, 0.15) is 50.8 Å². The van der Waals surface area contributed by atoms with E-state index in [2.05, 4.69) is 44.0 Å².